The van der Waals surface area contributed by atoms with Crippen molar-refractivity contribution in [3.05, 3.63) is 18.3 Å². The zero-order valence-corrected chi connectivity index (χ0v) is 13.8. The zero-order chi connectivity index (χ0) is 16.4. The van der Waals surface area contributed by atoms with E-state index >= 15 is 0 Å². The van der Waals surface area contributed by atoms with Gasteiger partial charge in [0.15, 0.2) is 6.61 Å². The number of halogens is 4. The Morgan fingerprint density at radius 2 is 2.13 bits per heavy atom. The van der Waals surface area contributed by atoms with Gasteiger partial charge in [-0.2, -0.15) is 17.5 Å². The summed E-state index contributed by atoms with van der Waals surface area (Å²) in [6.07, 6.45) is -3.46. The lowest BCUT2D eigenvalue weighted by Crippen LogP contribution is -2.52. The van der Waals surface area contributed by atoms with Gasteiger partial charge in [-0.25, -0.2) is 13.4 Å². The summed E-state index contributed by atoms with van der Waals surface area (Å²) in [6.45, 7) is 1.72. The van der Waals surface area contributed by atoms with Crippen molar-refractivity contribution in [3.8, 4) is 5.88 Å². The molecule has 1 atom stereocenters. The number of alkyl halides is 3. The first-order valence-corrected chi connectivity index (χ1v) is 8.02. The topological polar surface area (TPSA) is 71.5 Å². The Morgan fingerprint density at radius 1 is 1.43 bits per heavy atom. The highest BCUT2D eigenvalue weighted by Gasteiger charge is 2.31. The predicted octanol–water partition coefficient (Wildman–Crippen LogP) is 1.43. The van der Waals surface area contributed by atoms with E-state index in [0.717, 1.165) is 12.3 Å². The quantitative estimate of drug-likeness (QED) is 0.862. The molecule has 1 aliphatic heterocycles. The van der Waals surface area contributed by atoms with Crippen LogP contribution in [0.2, 0.25) is 0 Å². The van der Waals surface area contributed by atoms with Crippen molar-refractivity contribution >= 4 is 22.4 Å². The van der Waals surface area contributed by atoms with Crippen molar-refractivity contribution in [1.82, 2.24) is 14.6 Å². The predicted molar refractivity (Wildman–Crippen MR) is 79.3 cm³/mol. The fourth-order valence-electron chi connectivity index (χ4n) is 2.08. The second-order valence-electron chi connectivity index (χ2n) is 4.90. The van der Waals surface area contributed by atoms with Crippen LogP contribution in [0.15, 0.2) is 23.2 Å². The van der Waals surface area contributed by atoms with Crippen LogP contribution in [-0.2, 0) is 10.0 Å². The van der Waals surface area contributed by atoms with Crippen molar-refractivity contribution < 1.29 is 26.3 Å². The molecule has 1 fully saturated rings. The monoisotopic (exact) mass is 375 g/mol. The van der Waals surface area contributed by atoms with Crippen molar-refractivity contribution in [3.63, 3.8) is 0 Å². The van der Waals surface area contributed by atoms with E-state index in [-0.39, 0.29) is 29.2 Å². The van der Waals surface area contributed by atoms with Gasteiger partial charge in [-0.3, -0.25) is 0 Å². The maximum absolute atomic E-state index is 12.5. The smallest absolute Gasteiger partial charge is 0.422 e. The van der Waals surface area contributed by atoms with Gasteiger partial charge in [0.2, 0.25) is 15.9 Å². The second-order valence-corrected chi connectivity index (χ2v) is 6.80. The summed E-state index contributed by atoms with van der Waals surface area (Å²) in [6, 6.07) is 2.11. The maximum atomic E-state index is 12.5. The molecular weight excluding hydrogens is 359 g/mol. The minimum atomic E-state index is -4.47. The molecule has 2 rings (SSSR count). The zero-order valence-electron chi connectivity index (χ0n) is 12.2. The van der Waals surface area contributed by atoms with Crippen molar-refractivity contribution in [1.29, 1.82) is 0 Å². The standard InChI is InChI=1S/C12H16F3N3O3S.ClH/c1-9-6-16-4-5-18(9)22(19,20)10-2-3-11(17-7-10)21-8-12(13,14)15;/h2-3,7,9,16H,4-6,8H2,1H3;1H/t9-;/m1./s1. The van der Waals surface area contributed by atoms with Crippen molar-refractivity contribution in [2.45, 2.75) is 24.0 Å². The number of sulfonamides is 1. The molecule has 0 spiro atoms. The normalized spacial score (nSPS) is 19.9. The van der Waals surface area contributed by atoms with Gasteiger partial charge in [-0.05, 0) is 13.0 Å². The first-order valence-electron chi connectivity index (χ1n) is 6.58. The van der Waals surface area contributed by atoms with E-state index in [1.54, 1.807) is 6.92 Å². The molecule has 11 heteroatoms. The molecule has 0 bridgehead atoms. The molecule has 1 aromatic rings. The largest absolute Gasteiger partial charge is 0.468 e. The number of nitrogens with zero attached hydrogens (tertiary/aromatic N) is 2. The van der Waals surface area contributed by atoms with Crippen LogP contribution < -0.4 is 10.1 Å². The van der Waals surface area contributed by atoms with E-state index in [1.165, 1.54) is 10.4 Å². The van der Waals surface area contributed by atoms with E-state index in [9.17, 15) is 21.6 Å². The summed E-state index contributed by atoms with van der Waals surface area (Å²) >= 11 is 0. The number of nitrogens with one attached hydrogen (secondary N) is 1. The number of piperazine rings is 1. The molecule has 23 heavy (non-hydrogen) atoms. The number of hydrogen-bond donors (Lipinski definition) is 1. The maximum Gasteiger partial charge on any atom is 0.422 e. The lowest BCUT2D eigenvalue weighted by molar-refractivity contribution is -0.154. The minimum Gasteiger partial charge on any atom is -0.468 e. The molecule has 1 aliphatic rings. The molecule has 132 valence electrons. The first-order chi connectivity index (χ1) is 10.2. The molecule has 1 N–H and O–H groups in total. The second kappa shape index (κ2) is 7.65. The fourth-order valence-corrected chi connectivity index (χ4v) is 3.65. The Morgan fingerprint density at radius 3 is 2.65 bits per heavy atom. The van der Waals surface area contributed by atoms with Gasteiger partial charge in [0.05, 0.1) is 6.20 Å². The average Bonchev–Trinajstić information content (AvgIpc) is 2.45. The van der Waals surface area contributed by atoms with E-state index in [2.05, 4.69) is 15.0 Å². The minimum absolute atomic E-state index is 0. The van der Waals surface area contributed by atoms with Gasteiger partial charge in [0, 0.05) is 31.7 Å². The van der Waals surface area contributed by atoms with Gasteiger partial charge in [-0.15, -0.1) is 12.4 Å². The summed E-state index contributed by atoms with van der Waals surface area (Å²) in [5, 5.41) is 3.08. The third-order valence-electron chi connectivity index (χ3n) is 3.14. The van der Waals surface area contributed by atoms with Crippen LogP contribution in [0.5, 0.6) is 5.88 Å². The van der Waals surface area contributed by atoms with Crippen LogP contribution in [0.3, 0.4) is 0 Å². The third-order valence-corrected chi connectivity index (χ3v) is 5.14. The van der Waals surface area contributed by atoms with Crippen LogP contribution in [0.25, 0.3) is 0 Å². The highest BCUT2D eigenvalue weighted by molar-refractivity contribution is 7.89. The molecule has 1 aromatic heterocycles. The summed E-state index contributed by atoms with van der Waals surface area (Å²) in [5.74, 6) is -0.273. The Balaban J connectivity index is 0.00000264. The van der Waals surface area contributed by atoms with Gasteiger partial charge < -0.3 is 10.1 Å². The number of pyridine rings is 1. The Bertz CT molecular complexity index is 610. The van der Waals surface area contributed by atoms with Crippen LogP contribution in [0, 0.1) is 0 Å². The van der Waals surface area contributed by atoms with Gasteiger partial charge in [0.25, 0.3) is 0 Å². The molecule has 0 saturated carbocycles. The summed E-state index contributed by atoms with van der Waals surface area (Å²) in [5.41, 5.74) is 0. The van der Waals surface area contributed by atoms with Gasteiger partial charge in [-0.1, -0.05) is 0 Å². The molecule has 0 unspecified atom stereocenters. The average molecular weight is 376 g/mol. The molecule has 0 aromatic carbocycles. The highest BCUT2D eigenvalue weighted by Crippen LogP contribution is 2.21. The molecule has 1 saturated heterocycles. The van der Waals surface area contributed by atoms with Crippen LogP contribution >= 0.6 is 12.4 Å². The molecular formula is C12H17ClF3N3O3S. The first kappa shape index (κ1) is 19.9. The molecule has 2 heterocycles. The Hall–Kier alpha value is -1.10. The summed E-state index contributed by atoms with van der Waals surface area (Å²) < 4.78 is 66.8. The van der Waals surface area contributed by atoms with Crippen LogP contribution in [0.4, 0.5) is 13.2 Å². The van der Waals surface area contributed by atoms with Crippen LogP contribution in [0.1, 0.15) is 6.92 Å². The van der Waals surface area contributed by atoms with Crippen molar-refractivity contribution in [2.24, 2.45) is 0 Å². The molecule has 6 nitrogen and oxygen atoms in total. The third kappa shape index (κ3) is 5.20. The summed E-state index contributed by atoms with van der Waals surface area (Å²) in [7, 11) is -3.72. The molecule has 0 amide bonds. The molecule has 0 aliphatic carbocycles. The number of aromatic nitrogens is 1. The van der Waals surface area contributed by atoms with Crippen molar-refractivity contribution in [2.75, 3.05) is 26.2 Å². The molecule has 0 radical (unpaired) electrons. The van der Waals surface area contributed by atoms with E-state index in [1.807, 2.05) is 0 Å². The highest BCUT2D eigenvalue weighted by atomic mass is 35.5. The lowest BCUT2D eigenvalue weighted by atomic mass is 10.3. The van der Waals surface area contributed by atoms with Gasteiger partial charge >= 0.3 is 6.18 Å². The number of rotatable bonds is 4. The number of hydrogen-bond acceptors (Lipinski definition) is 5. The summed E-state index contributed by atoms with van der Waals surface area (Å²) in [4.78, 5) is 3.56. The Labute approximate surface area is 138 Å². The SMILES string of the molecule is C[C@@H]1CNCCN1S(=O)(=O)c1ccc(OCC(F)(F)F)nc1.Cl. The fraction of sp³-hybridized carbons (Fsp3) is 0.583. The Kier molecular flexibility index (Phi) is 6.63. The van der Waals surface area contributed by atoms with Crippen LogP contribution in [-0.4, -0.2) is 56.2 Å². The van der Waals surface area contributed by atoms with E-state index in [0.29, 0.717) is 19.6 Å². The lowest BCUT2D eigenvalue weighted by Gasteiger charge is -2.32. The van der Waals surface area contributed by atoms with E-state index < -0.39 is 22.8 Å². The van der Waals surface area contributed by atoms with Gasteiger partial charge in [0.1, 0.15) is 4.90 Å². The van der Waals surface area contributed by atoms with E-state index in [4.69, 9.17) is 0 Å². The number of ether oxygens (including phenoxy) is 1.